The summed E-state index contributed by atoms with van der Waals surface area (Å²) < 4.78 is 3.27. The molecule has 0 aliphatic carbocycles. The van der Waals surface area contributed by atoms with Crippen LogP contribution < -0.4 is 10.9 Å². The smallest absolute Gasteiger partial charge is 0.263 e. The Morgan fingerprint density at radius 2 is 2.14 bits per heavy atom. The number of hydrogen-bond donors (Lipinski definition) is 1. The first-order valence-electron chi connectivity index (χ1n) is 9.15. The molecule has 1 aromatic carbocycles. The number of nitrogens with one attached hydrogen (secondary N) is 1. The molecule has 0 radical (unpaired) electrons. The molecule has 0 saturated carbocycles. The Hall–Kier alpha value is -3.12. The maximum Gasteiger partial charge on any atom is 0.263 e. The zero-order valence-corrected chi connectivity index (χ0v) is 17.4. The summed E-state index contributed by atoms with van der Waals surface area (Å²) in [5.74, 6) is 0.154. The number of para-hydroxylation sites is 1. The summed E-state index contributed by atoms with van der Waals surface area (Å²) in [4.78, 5) is 25.2. The molecule has 0 bridgehead atoms. The van der Waals surface area contributed by atoms with Gasteiger partial charge in [-0.3, -0.25) is 18.6 Å². The van der Waals surface area contributed by atoms with E-state index in [1.54, 1.807) is 29.5 Å². The van der Waals surface area contributed by atoms with Gasteiger partial charge in [0.05, 0.1) is 22.7 Å². The number of fused-ring (bicyclic) bond motifs is 3. The lowest BCUT2D eigenvalue weighted by molar-refractivity contribution is -0.120. The maximum atomic E-state index is 12.8. The molecule has 0 aliphatic heterocycles. The molecule has 9 heteroatoms. The van der Waals surface area contributed by atoms with Gasteiger partial charge in [-0.05, 0) is 25.0 Å². The fourth-order valence-corrected chi connectivity index (χ4v) is 3.62. The minimum absolute atomic E-state index is 0.0346. The van der Waals surface area contributed by atoms with Gasteiger partial charge in [-0.15, -0.1) is 16.8 Å². The van der Waals surface area contributed by atoms with Crippen molar-refractivity contribution in [2.75, 3.05) is 5.75 Å². The third kappa shape index (κ3) is 3.76. The molecule has 1 atom stereocenters. The highest BCUT2D eigenvalue weighted by atomic mass is 32.2. The van der Waals surface area contributed by atoms with Gasteiger partial charge in [0.15, 0.2) is 5.16 Å². The van der Waals surface area contributed by atoms with E-state index in [4.69, 9.17) is 0 Å². The molecule has 29 heavy (non-hydrogen) atoms. The van der Waals surface area contributed by atoms with Crippen molar-refractivity contribution < 1.29 is 4.79 Å². The van der Waals surface area contributed by atoms with E-state index < -0.39 is 5.54 Å². The number of thioether (sulfide) groups is 1. The van der Waals surface area contributed by atoms with Gasteiger partial charge in [0.25, 0.3) is 5.56 Å². The van der Waals surface area contributed by atoms with Crippen LogP contribution in [0.4, 0.5) is 0 Å². The minimum Gasteiger partial charge on any atom is -0.337 e. The van der Waals surface area contributed by atoms with Crippen molar-refractivity contribution in [3.63, 3.8) is 0 Å². The fourth-order valence-electron chi connectivity index (χ4n) is 2.88. The van der Waals surface area contributed by atoms with Crippen LogP contribution in [0.15, 0.2) is 46.9 Å². The van der Waals surface area contributed by atoms with E-state index >= 15 is 0 Å². The van der Waals surface area contributed by atoms with Crippen LogP contribution in [0.5, 0.6) is 0 Å². The van der Waals surface area contributed by atoms with Crippen molar-refractivity contribution in [2.24, 2.45) is 5.92 Å². The predicted molar refractivity (Wildman–Crippen MR) is 113 cm³/mol. The van der Waals surface area contributed by atoms with Crippen LogP contribution in [0.1, 0.15) is 20.8 Å². The van der Waals surface area contributed by atoms with Crippen LogP contribution in [-0.2, 0) is 11.3 Å². The monoisotopic (exact) mass is 410 g/mol. The van der Waals surface area contributed by atoms with Crippen molar-refractivity contribution in [1.29, 1.82) is 5.26 Å². The van der Waals surface area contributed by atoms with E-state index in [0.29, 0.717) is 28.4 Å². The van der Waals surface area contributed by atoms with Gasteiger partial charge in [0, 0.05) is 6.54 Å². The zero-order valence-electron chi connectivity index (χ0n) is 16.5. The number of amides is 1. The van der Waals surface area contributed by atoms with Gasteiger partial charge in [-0.1, -0.05) is 43.8 Å². The molecule has 0 aliphatic rings. The Morgan fingerprint density at radius 3 is 2.79 bits per heavy atom. The Balaban J connectivity index is 1.98. The van der Waals surface area contributed by atoms with Gasteiger partial charge < -0.3 is 5.32 Å². The van der Waals surface area contributed by atoms with Gasteiger partial charge in [-0.25, -0.2) is 0 Å². The van der Waals surface area contributed by atoms with Crippen LogP contribution in [0.2, 0.25) is 0 Å². The molecule has 150 valence electrons. The highest BCUT2D eigenvalue weighted by Gasteiger charge is 2.30. The van der Waals surface area contributed by atoms with E-state index in [2.05, 4.69) is 28.2 Å². The van der Waals surface area contributed by atoms with Crippen molar-refractivity contribution in [3.8, 4) is 6.07 Å². The van der Waals surface area contributed by atoms with E-state index in [9.17, 15) is 14.9 Å². The van der Waals surface area contributed by atoms with Crippen LogP contribution in [0.25, 0.3) is 16.7 Å². The van der Waals surface area contributed by atoms with Crippen molar-refractivity contribution >= 4 is 34.3 Å². The summed E-state index contributed by atoms with van der Waals surface area (Å²) in [5.41, 5.74) is -0.442. The molecular weight excluding hydrogens is 388 g/mol. The Bertz CT molecular complexity index is 1190. The number of nitriles is 1. The first kappa shape index (κ1) is 20.6. The number of hydrogen-bond acceptors (Lipinski definition) is 6. The van der Waals surface area contributed by atoms with Gasteiger partial charge in [0.1, 0.15) is 5.54 Å². The summed E-state index contributed by atoms with van der Waals surface area (Å²) in [5, 5.41) is 21.6. The number of carbonyl (C=O) groups is 1. The molecular formula is C20H22N6O2S. The van der Waals surface area contributed by atoms with E-state index in [1.807, 2.05) is 26.0 Å². The number of rotatable bonds is 7. The number of allylic oxidation sites excluding steroid dienone is 1. The highest BCUT2D eigenvalue weighted by Crippen LogP contribution is 2.22. The molecule has 3 rings (SSSR count). The molecule has 1 unspecified atom stereocenters. The number of aromatic nitrogens is 4. The van der Waals surface area contributed by atoms with Gasteiger partial charge >= 0.3 is 0 Å². The molecule has 8 nitrogen and oxygen atoms in total. The molecule has 1 N–H and O–H groups in total. The number of benzene rings is 1. The first-order chi connectivity index (χ1) is 13.8. The van der Waals surface area contributed by atoms with Gasteiger partial charge in [-0.2, -0.15) is 5.26 Å². The molecule has 0 fully saturated rings. The lowest BCUT2D eigenvalue weighted by atomic mass is 9.90. The summed E-state index contributed by atoms with van der Waals surface area (Å²) in [6, 6.07) is 9.36. The second-order valence-electron chi connectivity index (χ2n) is 7.15. The predicted octanol–water partition coefficient (Wildman–Crippen LogP) is 2.38. The summed E-state index contributed by atoms with van der Waals surface area (Å²) in [6.07, 6.45) is 1.62. The minimum atomic E-state index is -0.943. The number of nitrogens with zero attached hydrogens (tertiary/aromatic N) is 5. The molecule has 3 aromatic rings. The first-order valence-corrected chi connectivity index (χ1v) is 10.1. The second-order valence-corrected chi connectivity index (χ2v) is 8.09. The van der Waals surface area contributed by atoms with Crippen LogP contribution >= 0.6 is 11.8 Å². The van der Waals surface area contributed by atoms with Gasteiger partial charge in [0.2, 0.25) is 11.7 Å². The SMILES string of the molecule is C=CCn1c(=O)c2ccccc2n2c(SCC(=O)NC(C)(C#N)C(C)C)nnc12. The summed E-state index contributed by atoms with van der Waals surface area (Å²) >= 11 is 1.20. The third-order valence-corrected chi connectivity index (χ3v) is 5.84. The standard InChI is InChI=1S/C20H22N6O2S/c1-5-10-25-17(28)14-8-6-7-9-15(14)26-18(25)23-24-19(26)29-11-16(27)22-20(4,12-21)13(2)3/h5-9,13H,1,10-11H2,2-4H3,(H,22,27). The lowest BCUT2D eigenvalue weighted by Gasteiger charge is -2.27. The van der Waals surface area contributed by atoms with E-state index in [0.717, 1.165) is 0 Å². The van der Waals surface area contributed by atoms with Crippen LogP contribution in [-0.4, -0.2) is 36.4 Å². The quantitative estimate of drug-likeness (QED) is 0.474. The highest BCUT2D eigenvalue weighted by molar-refractivity contribution is 7.99. The summed E-state index contributed by atoms with van der Waals surface area (Å²) in [6.45, 7) is 9.47. The third-order valence-electron chi connectivity index (χ3n) is 4.91. The Morgan fingerprint density at radius 1 is 1.41 bits per heavy atom. The molecule has 1 amide bonds. The largest absolute Gasteiger partial charge is 0.337 e. The van der Waals surface area contributed by atoms with E-state index in [-0.39, 0.29) is 23.1 Å². The van der Waals surface area contributed by atoms with Crippen LogP contribution in [0.3, 0.4) is 0 Å². The summed E-state index contributed by atoms with van der Waals surface area (Å²) in [7, 11) is 0. The Kier molecular flexibility index (Phi) is 5.75. The second kappa shape index (κ2) is 8.09. The average molecular weight is 411 g/mol. The fraction of sp³-hybridized carbons (Fsp3) is 0.350. The van der Waals surface area contributed by atoms with Crippen molar-refractivity contribution in [3.05, 3.63) is 47.3 Å². The lowest BCUT2D eigenvalue weighted by Crippen LogP contribution is -2.49. The van der Waals surface area contributed by atoms with Crippen molar-refractivity contribution in [2.45, 2.75) is 38.0 Å². The molecule has 0 spiro atoms. The molecule has 2 aromatic heterocycles. The molecule has 2 heterocycles. The topological polar surface area (TPSA) is 105 Å². The number of carbonyl (C=O) groups excluding carboxylic acids is 1. The van der Waals surface area contributed by atoms with Crippen LogP contribution in [0, 0.1) is 17.2 Å². The average Bonchev–Trinajstić information content (AvgIpc) is 3.13. The normalized spacial score (nSPS) is 13.3. The maximum absolute atomic E-state index is 12.8. The molecule has 0 saturated heterocycles. The Labute approximate surface area is 172 Å². The van der Waals surface area contributed by atoms with Crippen molar-refractivity contribution in [1.82, 2.24) is 24.5 Å². The van der Waals surface area contributed by atoms with E-state index in [1.165, 1.54) is 16.3 Å². The zero-order chi connectivity index (χ0) is 21.2.